The first-order chi connectivity index (χ1) is 8.14. The first-order valence-corrected chi connectivity index (χ1v) is 4.39. The molecule has 0 aliphatic rings. The molecule has 0 aromatic carbocycles. The quantitative estimate of drug-likeness (QED) is 0.861. The largest absolute Gasteiger partial charge is 0.481 e. The van der Waals surface area contributed by atoms with Gasteiger partial charge >= 0.3 is 12.1 Å². The van der Waals surface area contributed by atoms with Crippen LogP contribution in [0.2, 0.25) is 0 Å². The molecule has 1 aromatic heterocycles. The molecule has 0 spiro atoms. The van der Waals surface area contributed by atoms with E-state index < -0.39 is 47.6 Å². The number of aromatic nitrogens is 1. The number of hydrogen-bond acceptors (Lipinski definition) is 2. The van der Waals surface area contributed by atoms with Crippen LogP contribution in [0, 0.1) is 5.82 Å². The van der Waals surface area contributed by atoms with Gasteiger partial charge in [0.2, 0.25) is 0 Å². The second-order valence-electron chi connectivity index (χ2n) is 3.22. The lowest BCUT2D eigenvalue weighted by molar-refractivity contribution is -0.140. The summed E-state index contributed by atoms with van der Waals surface area (Å²) in [5.41, 5.74) is -4.76. The normalized spacial score (nSPS) is 11.9. The second-order valence-corrected chi connectivity index (χ2v) is 3.22. The zero-order valence-corrected chi connectivity index (χ0v) is 8.43. The Hall–Kier alpha value is -1.80. The topological polar surface area (TPSA) is 50.2 Å². The Labute approximate surface area is 96.1 Å². The fourth-order valence-corrected chi connectivity index (χ4v) is 1.25. The van der Waals surface area contributed by atoms with Crippen LogP contribution in [-0.2, 0) is 17.4 Å². The van der Waals surface area contributed by atoms with Crippen molar-refractivity contribution in [3.05, 3.63) is 28.8 Å². The van der Waals surface area contributed by atoms with Gasteiger partial charge in [0, 0.05) is 6.20 Å². The summed E-state index contributed by atoms with van der Waals surface area (Å²) in [5.74, 6) is -3.54. The lowest BCUT2D eigenvalue weighted by Crippen LogP contribution is -2.16. The van der Waals surface area contributed by atoms with Crippen LogP contribution in [0.25, 0.3) is 0 Å². The third-order valence-corrected chi connectivity index (χ3v) is 1.97. The average Bonchev–Trinajstić information content (AvgIpc) is 2.17. The molecule has 100 valence electrons. The van der Waals surface area contributed by atoms with Crippen molar-refractivity contribution >= 4 is 5.97 Å². The first-order valence-electron chi connectivity index (χ1n) is 4.39. The molecule has 0 amide bonds. The van der Waals surface area contributed by atoms with Crippen molar-refractivity contribution in [2.24, 2.45) is 0 Å². The summed E-state index contributed by atoms with van der Waals surface area (Å²) in [6, 6.07) is 0. The highest BCUT2D eigenvalue weighted by molar-refractivity contribution is 5.69. The Morgan fingerprint density at radius 2 is 1.94 bits per heavy atom. The monoisotopic (exact) mass is 273 g/mol. The Kier molecular flexibility index (Phi) is 3.82. The van der Waals surface area contributed by atoms with Crippen LogP contribution >= 0.6 is 0 Å². The van der Waals surface area contributed by atoms with E-state index in [2.05, 4.69) is 4.98 Å². The molecule has 3 nitrogen and oxygen atoms in total. The molecule has 0 bridgehead atoms. The van der Waals surface area contributed by atoms with Crippen LogP contribution < -0.4 is 0 Å². The van der Waals surface area contributed by atoms with E-state index >= 15 is 0 Å². The Morgan fingerprint density at radius 3 is 2.33 bits per heavy atom. The fourth-order valence-electron chi connectivity index (χ4n) is 1.25. The maximum Gasteiger partial charge on any atom is 0.418 e. The van der Waals surface area contributed by atoms with Crippen molar-refractivity contribution in [2.45, 2.75) is 19.0 Å². The summed E-state index contributed by atoms with van der Waals surface area (Å²) in [6.07, 6.45) is -9.99. The maximum atomic E-state index is 13.4. The second kappa shape index (κ2) is 4.83. The number of hydrogen-bond donors (Lipinski definition) is 1. The molecule has 0 aliphatic carbocycles. The number of nitrogens with zero attached hydrogens (tertiary/aromatic N) is 1. The minimum atomic E-state index is -5.19. The van der Waals surface area contributed by atoms with Crippen molar-refractivity contribution in [3.8, 4) is 0 Å². The molecule has 1 aromatic rings. The third-order valence-electron chi connectivity index (χ3n) is 1.97. The molecule has 1 heterocycles. The summed E-state index contributed by atoms with van der Waals surface area (Å²) < 4.78 is 75.2. The van der Waals surface area contributed by atoms with E-state index in [0.29, 0.717) is 0 Å². The summed E-state index contributed by atoms with van der Waals surface area (Å²) in [4.78, 5) is 13.2. The van der Waals surface area contributed by atoms with Gasteiger partial charge in [0.25, 0.3) is 6.43 Å². The van der Waals surface area contributed by atoms with Gasteiger partial charge in [-0.3, -0.25) is 9.78 Å². The molecule has 0 aliphatic heterocycles. The summed E-state index contributed by atoms with van der Waals surface area (Å²) in [6.45, 7) is 0. The number of carboxylic acid groups (broad SMARTS) is 1. The molecule has 0 saturated heterocycles. The van der Waals surface area contributed by atoms with Crippen molar-refractivity contribution in [1.82, 2.24) is 4.98 Å². The van der Waals surface area contributed by atoms with Crippen LogP contribution in [0.15, 0.2) is 6.20 Å². The van der Waals surface area contributed by atoms with Crippen LogP contribution in [-0.4, -0.2) is 16.1 Å². The van der Waals surface area contributed by atoms with E-state index in [9.17, 15) is 31.1 Å². The van der Waals surface area contributed by atoms with Crippen molar-refractivity contribution in [2.75, 3.05) is 0 Å². The lowest BCUT2D eigenvalue weighted by atomic mass is 10.1. The first kappa shape index (κ1) is 14.3. The average molecular weight is 273 g/mol. The molecule has 0 unspecified atom stereocenters. The molecule has 0 radical (unpaired) electrons. The summed E-state index contributed by atoms with van der Waals surface area (Å²) >= 11 is 0. The molecule has 0 saturated carbocycles. The number of rotatable bonds is 3. The number of carbonyl (C=O) groups is 1. The van der Waals surface area contributed by atoms with Crippen molar-refractivity contribution in [3.63, 3.8) is 0 Å². The highest BCUT2D eigenvalue weighted by atomic mass is 19.4. The molecule has 9 heteroatoms. The van der Waals surface area contributed by atoms with Gasteiger partial charge in [0.05, 0.1) is 23.2 Å². The van der Waals surface area contributed by atoms with E-state index in [1.807, 2.05) is 0 Å². The zero-order chi connectivity index (χ0) is 14.1. The van der Waals surface area contributed by atoms with Gasteiger partial charge in [-0.15, -0.1) is 0 Å². The number of carboxylic acids is 1. The van der Waals surface area contributed by atoms with Gasteiger partial charge < -0.3 is 5.11 Å². The molecular formula is C9H5F6NO2. The van der Waals surface area contributed by atoms with E-state index in [-0.39, 0.29) is 6.20 Å². The molecule has 1 rings (SSSR count). The molecule has 0 fully saturated rings. The van der Waals surface area contributed by atoms with Gasteiger partial charge in [0.15, 0.2) is 5.82 Å². The lowest BCUT2D eigenvalue weighted by Gasteiger charge is -2.14. The molecule has 1 N–H and O–H groups in total. The van der Waals surface area contributed by atoms with E-state index in [4.69, 9.17) is 5.11 Å². The Balaban J connectivity index is 3.42. The predicted octanol–water partition coefficient (Wildman–Crippen LogP) is 2.80. The van der Waals surface area contributed by atoms with Gasteiger partial charge in [-0.1, -0.05) is 0 Å². The van der Waals surface area contributed by atoms with Crippen LogP contribution in [0.3, 0.4) is 0 Å². The van der Waals surface area contributed by atoms with Crippen molar-refractivity contribution in [1.29, 1.82) is 0 Å². The van der Waals surface area contributed by atoms with Crippen LogP contribution in [0.5, 0.6) is 0 Å². The zero-order valence-electron chi connectivity index (χ0n) is 8.43. The van der Waals surface area contributed by atoms with E-state index in [1.54, 1.807) is 0 Å². The van der Waals surface area contributed by atoms with Gasteiger partial charge in [-0.2, -0.15) is 13.2 Å². The Bertz CT molecular complexity index is 471. The van der Waals surface area contributed by atoms with E-state index in [0.717, 1.165) is 0 Å². The highest BCUT2D eigenvalue weighted by Crippen LogP contribution is 2.37. The SMILES string of the molecule is O=C(O)Cc1ncc(C(F)(F)F)c(C(F)F)c1F. The summed E-state index contributed by atoms with van der Waals surface area (Å²) in [7, 11) is 0. The van der Waals surface area contributed by atoms with Gasteiger partial charge in [0.1, 0.15) is 0 Å². The third kappa shape index (κ3) is 2.90. The number of halogens is 6. The predicted molar refractivity (Wildman–Crippen MR) is 45.5 cm³/mol. The maximum absolute atomic E-state index is 13.4. The number of alkyl halides is 5. The fraction of sp³-hybridized carbons (Fsp3) is 0.333. The van der Waals surface area contributed by atoms with Crippen molar-refractivity contribution < 1.29 is 36.2 Å². The number of pyridine rings is 1. The minimum absolute atomic E-state index is 0.00282. The van der Waals surface area contributed by atoms with Gasteiger partial charge in [-0.25, -0.2) is 13.2 Å². The molecule has 18 heavy (non-hydrogen) atoms. The number of aliphatic carboxylic acids is 1. The van der Waals surface area contributed by atoms with Crippen LogP contribution in [0.1, 0.15) is 23.2 Å². The van der Waals surface area contributed by atoms with Crippen LogP contribution in [0.4, 0.5) is 26.3 Å². The minimum Gasteiger partial charge on any atom is -0.481 e. The standard InChI is InChI=1S/C9H5F6NO2/c10-7-4(1-5(17)18)16-2-3(9(13,14)15)6(7)8(11)12/h2,8H,1H2,(H,17,18). The smallest absolute Gasteiger partial charge is 0.418 e. The molecular weight excluding hydrogens is 268 g/mol. The highest BCUT2D eigenvalue weighted by Gasteiger charge is 2.39. The Morgan fingerprint density at radius 1 is 1.39 bits per heavy atom. The van der Waals surface area contributed by atoms with E-state index in [1.165, 1.54) is 0 Å². The summed E-state index contributed by atoms with van der Waals surface area (Å²) in [5, 5.41) is 8.33. The molecule has 0 atom stereocenters. The van der Waals surface area contributed by atoms with Gasteiger partial charge in [-0.05, 0) is 0 Å².